The first-order chi connectivity index (χ1) is 15.9. The van der Waals surface area contributed by atoms with Crippen molar-refractivity contribution >= 4 is 29.1 Å². The van der Waals surface area contributed by atoms with E-state index in [9.17, 15) is 9.59 Å². The van der Waals surface area contributed by atoms with E-state index >= 15 is 0 Å². The number of benzene rings is 2. The number of halogens is 1. The predicted molar refractivity (Wildman–Crippen MR) is 126 cm³/mol. The van der Waals surface area contributed by atoms with Crippen molar-refractivity contribution in [3.8, 4) is 11.5 Å². The molecule has 1 unspecified atom stereocenters. The molecular weight excluding hydrogens is 444 g/mol. The van der Waals surface area contributed by atoms with Crippen molar-refractivity contribution in [2.24, 2.45) is 0 Å². The molecule has 33 heavy (non-hydrogen) atoms. The van der Waals surface area contributed by atoms with E-state index in [0.717, 1.165) is 36.1 Å². The van der Waals surface area contributed by atoms with Gasteiger partial charge in [-0.05, 0) is 56.0 Å². The summed E-state index contributed by atoms with van der Waals surface area (Å²) in [6.45, 7) is 5.83. The fraction of sp³-hybridized carbons (Fsp3) is 0.440. The third-order valence-corrected chi connectivity index (χ3v) is 6.28. The molecule has 1 atom stereocenters. The Labute approximate surface area is 198 Å². The molecule has 2 amide bonds. The number of nitrogens with one attached hydrogen (secondary N) is 1. The fourth-order valence-corrected chi connectivity index (χ4v) is 4.31. The van der Waals surface area contributed by atoms with Gasteiger partial charge in [-0.2, -0.15) is 0 Å². The number of amides is 2. The summed E-state index contributed by atoms with van der Waals surface area (Å²) in [5.41, 5.74) is 3.17. The summed E-state index contributed by atoms with van der Waals surface area (Å²) >= 11 is 6.40. The molecule has 2 aliphatic rings. The second-order valence-corrected chi connectivity index (χ2v) is 8.86. The van der Waals surface area contributed by atoms with Gasteiger partial charge in [0.15, 0.2) is 11.5 Å². The molecule has 1 N–H and O–H groups in total. The molecule has 4 rings (SSSR count). The average Bonchev–Trinajstić information content (AvgIpc) is 3.18. The van der Waals surface area contributed by atoms with Gasteiger partial charge in [-0.3, -0.25) is 9.59 Å². The molecule has 0 spiro atoms. The molecule has 2 aromatic rings. The molecule has 7 nitrogen and oxygen atoms in total. The minimum absolute atomic E-state index is 0.0988. The molecule has 0 saturated carbocycles. The van der Waals surface area contributed by atoms with Crippen LogP contribution in [0.1, 0.15) is 40.7 Å². The molecule has 0 radical (unpaired) electrons. The van der Waals surface area contributed by atoms with E-state index < -0.39 is 0 Å². The summed E-state index contributed by atoms with van der Waals surface area (Å²) in [5, 5.41) is 3.25. The monoisotopic (exact) mass is 472 g/mol. The highest BCUT2D eigenvalue weighted by molar-refractivity contribution is 6.32. The lowest BCUT2D eigenvalue weighted by atomic mass is 10.1. The molecular formula is C25H29ClN2O5. The first-order valence-electron chi connectivity index (χ1n) is 11.3. The van der Waals surface area contributed by atoms with E-state index in [1.165, 1.54) is 4.90 Å². The van der Waals surface area contributed by atoms with E-state index in [4.69, 9.17) is 25.8 Å². The Morgan fingerprint density at radius 3 is 2.73 bits per heavy atom. The number of ether oxygens (including phenoxy) is 3. The average molecular weight is 473 g/mol. The molecule has 2 heterocycles. The number of hydrogen-bond donors (Lipinski definition) is 1. The first kappa shape index (κ1) is 23.4. The van der Waals surface area contributed by atoms with Gasteiger partial charge >= 0.3 is 0 Å². The predicted octanol–water partition coefficient (Wildman–Crippen LogP) is 4.38. The van der Waals surface area contributed by atoms with Gasteiger partial charge in [0.25, 0.3) is 5.91 Å². The van der Waals surface area contributed by atoms with Gasteiger partial charge in [0.1, 0.15) is 6.54 Å². The highest BCUT2D eigenvalue weighted by Gasteiger charge is 2.27. The van der Waals surface area contributed by atoms with E-state index in [1.54, 1.807) is 12.1 Å². The number of aryl methyl sites for hydroxylation is 1. The summed E-state index contributed by atoms with van der Waals surface area (Å²) in [6.07, 6.45) is 2.43. The summed E-state index contributed by atoms with van der Waals surface area (Å²) in [7, 11) is 0. The maximum absolute atomic E-state index is 13.5. The Balaban J connectivity index is 1.55. The Morgan fingerprint density at radius 1 is 1.12 bits per heavy atom. The van der Waals surface area contributed by atoms with Crippen molar-refractivity contribution in [1.29, 1.82) is 0 Å². The van der Waals surface area contributed by atoms with Crippen LogP contribution in [0.5, 0.6) is 11.5 Å². The number of anilines is 1. The van der Waals surface area contributed by atoms with Gasteiger partial charge in [0.05, 0.1) is 24.3 Å². The summed E-state index contributed by atoms with van der Waals surface area (Å²) in [5.74, 6) is 0.318. The van der Waals surface area contributed by atoms with Crippen LogP contribution >= 0.6 is 11.6 Å². The van der Waals surface area contributed by atoms with Crippen molar-refractivity contribution in [2.45, 2.75) is 39.2 Å². The van der Waals surface area contributed by atoms with Crippen molar-refractivity contribution in [3.63, 3.8) is 0 Å². The van der Waals surface area contributed by atoms with E-state index in [2.05, 4.69) is 5.32 Å². The number of carbonyl (C=O) groups excluding carboxylic acids is 2. The van der Waals surface area contributed by atoms with Crippen molar-refractivity contribution < 1.29 is 23.8 Å². The summed E-state index contributed by atoms with van der Waals surface area (Å²) < 4.78 is 17.1. The van der Waals surface area contributed by atoms with Gasteiger partial charge in [-0.1, -0.05) is 23.7 Å². The number of nitrogens with zero attached hydrogens (tertiary/aromatic N) is 1. The van der Waals surface area contributed by atoms with Crippen LogP contribution in [-0.2, 0) is 9.53 Å². The molecule has 1 fully saturated rings. The second kappa shape index (κ2) is 10.4. The summed E-state index contributed by atoms with van der Waals surface area (Å²) in [4.78, 5) is 27.9. The van der Waals surface area contributed by atoms with Crippen molar-refractivity contribution in [3.05, 3.63) is 52.0 Å². The zero-order chi connectivity index (χ0) is 23.4. The van der Waals surface area contributed by atoms with Crippen LogP contribution in [0.4, 0.5) is 5.69 Å². The van der Waals surface area contributed by atoms with Crippen molar-refractivity contribution in [1.82, 2.24) is 4.90 Å². The van der Waals surface area contributed by atoms with Crippen LogP contribution in [0.15, 0.2) is 30.3 Å². The number of carbonyl (C=O) groups is 2. The lowest BCUT2D eigenvalue weighted by molar-refractivity contribution is -0.117. The van der Waals surface area contributed by atoms with E-state index in [0.29, 0.717) is 48.5 Å². The molecule has 0 bridgehead atoms. The lowest BCUT2D eigenvalue weighted by Gasteiger charge is -2.26. The smallest absolute Gasteiger partial charge is 0.254 e. The minimum atomic E-state index is -0.306. The molecule has 2 aliphatic heterocycles. The number of hydrogen-bond acceptors (Lipinski definition) is 5. The standard InChI is InChI=1S/C25H29ClN2O5/c1-16-6-3-8-21(17(16)2)27-23(29)15-28(14-19-7-4-9-31-19)25(30)18-12-20(26)24-22(13-18)32-10-5-11-33-24/h3,6,8,12-13,19H,4-5,7,9-11,14-15H2,1-2H3,(H,27,29). The SMILES string of the molecule is Cc1cccc(NC(=O)CN(CC2CCCO2)C(=O)c2cc(Cl)c3c(c2)OCCCO3)c1C. The number of rotatable bonds is 6. The Morgan fingerprint density at radius 2 is 1.94 bits per heavy atom. The Hall–Kier alpha value is -2.77. The maximum atomic E-state index is 13.5. The quantitative estimate of drug-likeness (QED) is 0.675. The second-order valence-electron chi connectivity index (χ2n) is 8.45. The largest absolute Gasteiger partial charge is 0.489 e. The van der Waals surface area contributed by atoms with Crippen LogP contribution in [0.2, 0.25) is 5.02 Å². The normalized spacial score (nSPS) is 17.4. The molecule has 0 aromatic heterocycles. The third kappa shape index (κ3) is 5.60. The van der Waals surface area contributed by atoms with Gasteiger partial charge < -0.3 is 24.4 Å². The van der Waals surface area contributed by atoms with Crippen LogP contribution in [0.25, 0.3) is 0 Å². The molecule has 176 valence electrons. The Bertz CT molecular complexity index is 1040. The van der Waals surface area contributed by atoms with Gasteiger partial charge in [-0.25, -0.2) is 0 Å². The van der Waals surface area contributed by atoms with E-state index in [-0.39, 0.29) is 24.5 Å². The van der Waals surface area contributed by atoms with Gasteiger partial charge in [-0.15, -0.1) is 0 Å². The van der Waals surface area contributed by atoms with Crippen molar-refractivity contribution in [2.75, 3.05) is 38.2 Å². The highest BCUT2D eigenvalue weighted by atomic mass is 35.5. The highest BCUT2D eigenvalue weighted by Crippen LogP contribution is 2.38. The van der Waals surface area contributed by atoms with E-state index in [1.807, 2.05) is 32.0 Å². The first-order valence-corrected chi connectivity index (χ1v) is 11.7. The number of fused-ring (bicyclic) bond motifs is 1. The molecule has 2 aromatic carbocycles. The topological polar surface area (TPSA) is 77.1 Å². The van der Waals surface area contributed by atoms with Crippen LogP contribution in [0, 0.1) is 13.8 Å². The minimum Gasteiger partial charge on any atom is -0.489 e. The van der Waals surface area contributed by atoms with Crippen LogP contribution in [0.3, 0.4) is 0 Å². The molecule has 0 aliphatic carbocycles. The maximum Gasteiger partial charge on any atom is 0.254 e. The van der Waals surface area contributed by atoms with Gasteiger partial charge in [0.2, 0.25) is 5.91 Å². The Kier molecular flexibility index (Phi) is 7.40. The summed E-state index contributed by atoms with van der Waals surface area (Å²) in [6, 6.07) is 8.96. The molecule has 8 heteroatoms. The van der Waals surface area contributed by atoms with Gasteiger partial charge in [0, 0.05) is 30.8 Å². The van der Waals surface area contributed by atoms with Crippen LogP contribution in [-0.4, -0.2) is 55.7 Å². The zero-order valence-electron chi connectivity index (χ0n) is 19.0. The fourth-order valence-electron chi connectivity index (χ4n) is 4.04. The zero-order valence-corrected chi connectivity index (χ0v) is 19.7. The third-order valence-electron chi connectivity index (χ3n) is 6.00. The van der Waals surface area contributed by atoms with Crippen LogP contribution < -0.4 is 14.8 Å². The lowest BCUT2D eigenvalue weighted by Crippen LogP contribution is -2.42. The molecule has 1 saturated heterocycles.